The Kier molecular flexibility index (Phi) is 2.28. The van der Waals surface area contributed by atoms with Gasteiger partial charge in [0.15, 0.2) is 11.5 Å². The molecular formula is C13H17NO2. The van der Waals surface area contributed by atoms with Crippen molar-refractivity contribution >= 4 is 0 Å². The lowest BCUT2D eigenvalue weighted by molar-refractivity contribution is 0.171. The Labute approximate surface area is 95.8 Å². The Morgan fingerprint density at radius 2 is 2.00 bits per heavy atom. The monoisotopic (exact) mass is 219 g/mol. The van der Waals surface area contributed by atoms with E-state index in [-0.39, 0.29) is 5.54 Å². The van der Waals surface area contributed by atoms with Gasteiger partial charge in [0, 0.05) is 5.54 Å². The Hall–Kier alpha value is -1.22. The van der Waals surface area contributed by atoms with Crippen LogP contribution in [0.15, 0.2) is 18.2 Å². The molecule has 0 saturated carbocycles. The van der Waals surface area contributed by atoms with Crippen LogP contribution in [0.4, 0.5) is 0 Å². The fraction of sp³-hybridized carbons (Fsp3) is 0.538. The van der Waals surface area contributed by atoms with Crippen LogP contribution in [0.2, 0.25) is 0 Å². The van der Waals surface area contributed by atoms with Crippen LogP contribution in [0.3, 0.4) is 0 Å². The first kappa shape index (κ1) is 9.97. The molecule has 0 spiro atoms. The van der Waals surface area contributed by atoms with Crippen LogP contribution >= 0.6 is 0 Å². The highest BCUT2D eigenvalue weighted by Gasteiger charge is 2.30. The third-order valence-corrected chi connectivity index (χ3v) is 3.55. The second kappa shape index (κ2) is 3.67. The quantitative estimate of drug-likeness (QED) is 0.784. The predicted octanol–water partition coefficient (Wildman–Crippen LogP) is 2.06. The molecule has 1 saturated heterocycles. The van der Waals surface area contributed by atoms with Crippen LogP contribution < -0.4 is 14.8 Å². The molecule has 2 aliphatic rings. The number of nitrogens with one attached hydrogen (secondary N) is 1. The maximum Gasteiger partial charge on any atom is 0.161 e. The van der Waals surface area contributed by atoms with Crippen molar-refractivity contribution in [2.24, 2.45) is 0 Å². The number of fused-ring (bicyclic) bond motifs is 1. The number of hydrogen-bond acceptors (Lipinski definition) is 3. The van der Waals surface area contributed by atoms with E-state index in [0.29, 0.717) is 13.2 Å². The van der Waals surface area contributed by atoms with Gasteiger partial charge in [-0.2, -0.15) is 0 Å². The molecule has 0 amide bonds. The summed E-state index contributed by atoms with van der Waals surface area (Å²) in [6, 6.07) is 6.29. The summed E-state index contributed by atoms with van der Waals surface area (Å²) in [5.41, 5.74) is 1.41. The van der Waals surface area contributed by atoms with Crippen LogP contribution in [0, 0.1) is 0 Å². The Balaban J connectivity index is 1.96. The van der Waals surface area contributed by atoms with E-state index >= 15 is 0 Å². The van der Waals surface area contributed by atoms with Crippen molar-refractivity contribution in [2.45, 2.75) is 25.3 Å². The maximum absolute atomic E-state index is 5.62. The summed E-state index contributed by atoms with van der Waals surface area (Å²) in [5, 5.41) is 3.56. The van der Waals surface area contributed by atoms with Crippen LogP contribution in [0.25, 0.3) is 0 Å². The van der Waals surface area contributed by atoms with Gasteiger partial charge < -0.3 is 14.8 Å². The largest absolute Gasteiger partial charge is 0.486 e. The number of rotatable bonds is 1. The minimum absolute atomic E-state index is 0.107. The van der Waals surface area contributed by atoms with Gasteiger partial charge in [0.25, 0.3) is 0 Å². The van der Waals surface area contributed by atoms with Gasteiger partial charge in [-0.05, 0) is 44.0 Å². The fourth-order valence-corrected chi connectivity index (χ4v) is 2.53. The number of ether oxygens (including phenoxy) is 2. The number of hydrogen-bond donors (Lipinski definition) is 1. The molecule has 2 heterocycles. The molecular weight excluding hydrogens is 202 g/mol. The first-order valence-electron chi connectivity index (χ1n) is 5.93. The summed E-state index contributed by atoms with van der Waals surface area (Å²) in [6.45, 7) is 4.67. The molecule has 86 valence electrons. The average Bonchev–Trinajstić information content (AvgIpc) is 2.77. The zero-order chi connectivity index (χ0) is 11.0. The van der Waals surface area contributed by atoms with Crippen molar-refractivity contribution in [2.75, 3.05) is 19.8 Å². The third kappa shape index (κ3) is 1.55. The van der Waals surface area contributed by atoms with Gasteiger partial charge >= 0.3 is 0 Å². The smallest absolute Gasteiger partial charge is 0.161 e. The lowest BCUT2D eigenvalue weighted by atomic mass is 9.90. The molecule has 0 aliphatic carbocycles. The predicted molar refractivity (Wildman–Crippen MR) is 62.0 cm³/mol. The normalized spacial score (nSPS) is 28.1. The second-order valence-corrected chi connectivity index (χ2v) is 4.72. The minimum atomic E-state index is 0.107. The van der Waals surface area contributed by atoms with E-state index in [1.54, 1.807) is 0 Å². The van der Waals surface area contributed by atoms with Crippen molar-refractivity contribution in [1.29, 1.82) is 0 Å². The Bertz CT molecular complexity index is 397. The van der Waals surface area contributed by atoms with Crippen molar-refractivity contribution in [3.05, 3.63) is 23.8 Å². The zero-order valence-corrected chi connectivity index (χ0v) is 9.58. The lowest BCUT2D eigenvalue weighted by Crippen LogP contribution is -2.33. The van der Waals surface area contributed by atoms with Crippen molar-refractivity contribution in [3.8, 4) is 11.5 Å². The van der Waals surface area contributed by atoms with Gasteiger partial charge in [0.1, 0.15) is 13.2 Å². The van der Waals surface area contributed by atoms with Gasteiger partial charge in [-0.25, -0.2) is 0 Å². The molecule has 0 radical (unpaired) electrons. The van der Waals surface area contributed by atoms with E-state index in [1.807, 2.05) is 6.07 Å². The van der Waals surface area contributed by atoms with E-state index in [2.05, 4.69) is 24.4 Å². The topological polar surface area (TPSA) is 30.5 Å². The molecule has 0 aromatic heterocycles. The van der Waals surface area contributed by atoms with Gasteiger partial charge in [-0.15, -0.1) is 0 Å². The number of benzene rings is 1. The van der Waals surface area contributed by atoms with Crippen LogP contribution in [0.1, 0.15) is 25.3 Å². The van der Waals surface area contributed by atoms with Crippen molar-refractivity contribution in [1.82, 2.24) is 5.32 Å². The summed E-state index contributed by atoms with van der Waals surface area (Å²) in [5.74, 6) is 1.76. The summed E-state index contributed by atoms with van der Waals surface area (Å²) in [6.07, 6.45) is 2.43. The van der Waals surface area contributed by atoms with Gasteiger partial charge in [0.2, 0.25) is 0 Å². The molecule has 1 aromatic carbocycles. The zero-order valence-electron chi connectivity index (χ0n) is 9.58. The molecule has 1 fully saturated rings. The highest BCUT2D eigenvalue weighted by molar-refractivity contribution is 5.45. The molecule has 3 nitrogen and oxygen atoms in total. The highest BCUT2D eigenvalue weighted by Crippen LogP contribution is 2.37. The average molecular weight is 219 g/mol. The summed E-state index contributed by atoms with van der Waals surface area (Å²) < 4.78 is 11.1. The van der Waals surface area contributed by atoms with Crippen molar-refractivity contribution < 1.29 is 9.47 Å². The second-order valence-electron chi connectivity index (χ2n) is 4.72. The van der Waals surface area contributed by atoms with Crippen molar-refractivity contribution in [3.63, 3.8) is 0 Å². The lowest BCUT2D eigenvalue weighted by Gasteiger charge is -2.27. The van der Waals surface area contributed by atoms with Crippen LogP contribution in [-0.4, -0.2) is 19.8 Å². The molecule has 1 unspecified atom stereocenters. The molecule has 2 aliphatic heterocycles. The summed E-state index contributed by atoms with van der Waals surface area (Å²) in [7, 11) is 0. The first-order chi connectivity index (χ1) is 7.78. The maximum atomic E-state index is 5.62. The first-order valence-corrected chi connectivity index (χ1v) is 5.93. The molecule has 1 N–H and O–H groups in total. The molecule has 3 heteroatoms. The fourth-order valence-electron chi connectivity index (χ4n) is 2.53. The van der Waals surface area contributed by atoms with E-state index in [0.717, 1.165) is 18.0 Å². The molecule has 3 rings (SSSR count). The molecule has 0 bridgehead atoms. The van der Waals surface area contributed by atoms with Crippen LogP contribution in [-0.2, 0) is 5.54 Å². The molecule has 16 heavy (non-hydrogen) atoms. The van der Waals surface area contributed by atoms with Gasteiger partial charge in [-0.1, -0.05) is 6.07 Å². The summed E-state index contributed by atoms with van der Waals surface area (Å²) >= 11 is 0. The van der Waals surface area contributed by atoms with E-state index in [4.69, 9.17) is 9.47 Å². The minimum Gasteiger partial charge on any atom is -0.486 e. The van der Waals surface area contributed by atoms with Gasteiger partial charge in [0.05, 0.1) is 0 Å². The Morgan fingerprint density at radius 3 is 2.75 bits per heavy atom. The highest BCUT2D eigenvalue weighted by atomic mass is 16.6. The SMILES string of the molecule is CC1(c2ccc3c(c2)OCCO3)CCCN1. The summed E-state index contributed by atoms with van der Waals surface area (Å²) in [4.78, 5) is 0. The molecule has 1 aromatic rings. The van der Waals surface area contributed by atoms with E-state index in [9.17, 15) is 0 Å². The molecule has 1 atom stereocenters. The van der Waals surface area contributed by atoms with Gasteiger partial charge in [-0.3, -0.25) is 0 Å². The van der Waals surface area contributed by atoms with Crippen LogP contribution in [0.5, 0.6) is 11.5 Å². The van der Waals surface area contributed by atoms with E-state index in [1.165, 1.54) is 18.4 Å². The third-order valence-electron chi connectivity index (χ3n) is 3.55. The van der Waals surface area contributed by atoms with E-state index < -0.39 is 0 Å². The standard InChI is InChI=1S/C13H17NO2/c1-13(5-2-6-14-13)10-3-4-11-12(9-10)16-8-7-15-11/h3-4,9,14H,2,5-8H2,1H3. The Morgan fingerprint density at radius 1 is 1.19 bits per heavy atom.